The summed E-state index contributed by atoms with van der Waals surface area (Å²) in [6.07, 6.45) is 3.68. The van der Waals surface area contributed by atoms with Crippen LogP contribution in [0.1, 0.15) is 35.2 Å². The van der Waals surface area contributed by atoms with Crippen molar-refractivity contribution in [1.82, 2.24) is 15.2 Å². The van der Waals surface area contributed by atoms with Crippen LogP contribution in [0.15, 0.2) is 59.4 Å². The van der Waals surface area contributed by atoms with Crippen LogP contribution in [0.25, 0.3) is 10.9 Å². The Bertz CT molecular complexity index is 1200. The van der Waals surface area contributed by atoms with Crippen LogP contribution in [0.2, 0.25) is 5.02 Å². The highest BCUT2D eigenvalue weighted by molar-refractivity contribution is 6.30. The first-order valence-electron chi connectivity index (χ1n) is 11.6. The monoisotopic (exact) mass is 481 g/mol. The molecule has 2 aromatic carbocycles. The van der Waals surface area contributed by atoms with Crippen LogP contribution in [0.3, 0.4) is 0 Å². The van der Waals surface area contributed by atoms with E-state index in [4.69, 9.17) is 16.3 Å². The predicted molar refractivity (Wildman–Crippen MR) is 132 cm³/mol. The van der Waals surface area contributed by atoms with Gasteiger partial charge in [-0.3, -0.25) is 14.5 Å². The van der Waals surface area contributed by atoms with Crippen molar-refractivity contribution < 1.29 is 14.3 Å². The van der Waals surface area contributed by atoms with E-state index in [1.165, 1.54) is 12.5 Å². The second kappa shape index (κ2) is 11.3. The summed E-state index contributed by atoms with van der Waals surface area (Å²) < 4.78 is 5.57. The molecule has 0 aliphatic carbocycles. The Morgan fingerprint density at radius 1 is 1.06 bits per heavy atom. The van der Waals surface area contributed by atoms with Gasteiger partial charge in [-0.1, -0.05) is 36.2 Å². The summed E-state index contributed by atoms with van der Waals surface area (Å²) in [7, 11) is 0. The summed E-state index contributed by atoms with van der Waals surface area (Å²) in [5.41, 5.74) is 1.45. The van der Waals surface area contributed by atoms with Gasteiger partial charge in [0.1, 0.15) is 12.6 Å². The van der Waals surface area contributed by atoms with Gasteiger partial charge in [0, 0.05) is 40.5 Å². The minimum Gasteiger partial charge on any atom is -0.463 e. The van der Waals surface area contributed by atoms with Gasteiger partial charge < -0.3 is 15.0 Å². The highest BCUT2D eigenvalue weighted by Gasteiger charge is 2.25. The molecule has 1 aliphatic heterocycles. The van der Waals surface area contributed by atoms with E-state index in [0.29, 0.717) is 28.2 Å². The van der Waals surface area contributed by atoms with Crippen molar-refractivity contribution in [2.24, 2.45) is 0 Å². The number of nitrogens with zero attached hydrogens (tertiary/aromatic N) is 1. The number of aromatic nitrogens is 1. The number of fused-ring (bicyclic) bond motifs is 1. The summed E-state index contributed by atoms with van der Waals surface area (Å²) in [5, 5.41) is 4.12. The number of H-pyrrole nitrogens is 1. The molecule has 0 saturated carbocycles. The lowest BCUT2D eigenvalue weighted by Gasteiger charge is -2.26. The molecule has 1 fully saturated rings. The van der Waals surface area contributed by atoms with Crippen molar-refractivity contribution in [3.63, 3.8) is 0 Å². The summed E-state index contributed by atoms with van der Waals surface area (Å²) >= 11 is 5.93. The molecule has 2 heterocycles. The van der Waals surface area contributed by atoms with Crippen molar-refractivity contribution in [2.75, 3.05) is 26.2 Å². The molecule has 34 heavy (non-hydrogen) atoms. The first kappa shape index (κ1) is 24.0. The number of carbonyl (C=O) groups is 2. The van der Waals surface area contributed by atoms with Crippen LogP contribution in [0, 0.1) is 0 Å². The minimum absolute atomic E-state index is 0.131. The van der Waals surface area contributed by atoms with E-state index >= 15 is 0 Å². The number of hydrogen-bond donors (Lipinski definition) is 2. The molecule has 4 rings (SSSR count). The Balaban J connectivity index is 1.52. The van der Waals surface area contributed by atoms with E-state index in [-0.39, 0.29) is 18.6 Å². The zero-order valence-electron chi connectivity index (χ0n) is 18.9. The second-order valence-corrected chi connectivity index (χ2v) is 8.95. The topological polar surface area (TPSA) is 91.5 Å². The van der Waals surface area contributed by atoms with Crippen LogP contribution in [0.5, 0.6) is 0 Å². The molecule has 2 N–H and O–H groups in total. The summed E-state index contributed by atoms with van der Waals surface area (Å²) in [6.45, 7) is 2.93. The summed E-state index contributed by atoms with van der Waals surface area (Å²) in [6, 6.07) is 14.3. The van der Waals surface area contributed by atoms with Crippen LogP contribution in [0.4, 0.5) is 0 Å². The van der Waals surface area contributed by atoms with Crippen LogP contribution in [-0.4, -0.2) is 54.0 Å². The summed E-state index contributed by atoms with van der Waals surface area (Å²) in [4.78, 5) is 43.2. The zero-order valence-corrected chi connectivity index (χ0v) is 19.6. The molecule has 7 nitrogen and oxygen atoms in total. The maximum absolute atomic E-state index is 13.1. The number of likely N-dealkylation sites (tertiary alicyclic amines) is 1. The number of amides is 1. The number of hydrogen-bond acceptors (Lipinski definition) is 5. The first-order valence-corrected chi connectivity index (χ1v) is 11.9. The zero-order chi connectivity index (χ0) is 23.9. The molecule has 0 spiro atoms. The largest absolute Gasteiger partial charge is 0.463 e. The van der Waals surface area contributed by atoms with E-state index in [0.717, 1.165) is 31.3 Å². The molecular weight excluding hydrogens is 454 g/mol. The molecule has 8 heteroatoms. The Kier molecular flexibility index (Phi) is 7.98. The third kappa shape index (κ3) is 6.24. The standard InChI is InChI=1S/C26H28ClN3O4/c27-20-10-8-18(9-11-20)25(32)29-23(26(33)34-15-14-30-12-4-1-5-13-30)16-19-17-24(31)28-22-7-3-2-6-21(19)22/h2-3,6-11,17,23H,1,4-5,12-16H2,(H,28,31)(H,29,32). The molecule has 0 radical (unpaired) electrons. The average Bonchev–Trinajstić information content (AvgIpc) is 2.84. The summed E-state index contributed by atoms with van der Waals surface area (Å²) in [5.74, 6) is -0.938. The van der Waals surface area contributed by atoms with Gasteiger partial charge in [-0.2, -0.15) is 0 Å². The molecule has 1 saturated heterocycles. The SMILES string of the molecule is O=C(NC(Cc1cc(=O)[nH]c2ccccc12)C(=O)OCCN1CCCCC1)c1ccc(Cl)cc1. The number of halogens is 1. The van der Waals surface area contributed by atoms with Crippen LogP contribution >= 0.6 is 11.6 Å². The van der Waals surface area contributed by atoms with Gasteiger partial charge in [0.05, 0.1) is 0 Å². The lowest BCUT2D eigenvalue weighted by atomic mass is 10.0. The quantitative estimate of drug-likeness (QED) is 0.480. The van der Waals surface area contributed by atoms with Crippen molar-refractivity contribution in [2.45, 2.75) is 31.7 Å². The predicted octanol–water partition coefficient (Wildman–Crippen LogP) is 3.55. The van der Waals surface area contributed by atoms with Gasteiger partial charge in [0.25, 0.3) is 5.91 Å². The fraction of sp³-hybridized carbons (Fsp3) is 0.346. The number of aromatic amines is 1. The van der Waals surface area contributed by atoms with E-state index in [1.54, 1.807) is 30.3 Å². The molecule has 178 valence electrons. The van der Waals surface area contributed by atoms with Crippen molar-refractivity contribution >= 4 is 34.4 Å². The van der Waals surface area contributed by atoms with E-state index < -0.39 is 17.9 Å². The minimum atomic E-state index is -0.949. The fourth-order valence-corrected chi connectivity index (χ4v) is 4.39. The molecule has 1 atom stereocenters. The van der Waals surface area contributed by atoms with Crippen LogP contribution < -0.4 is 10.9 Å². The molecule has 3 aromatic rings. The number of pyridine rings is 1. The van der Waals surface area contributed by atoms with Crippen molar-refractivity contribution in [1.29, 1.82) is 0 Å². The first-order chi connectivity index (χ1) is 16.5. The van der Waals surface area contributed by atoms with Crippen molar-refractivity contribution in [3.8, 4) is 0 Å². The molecule has 1 unspecified atom stereocenters. The molecule has 1 aromatic heterocycles. The maximum atomic E-state index is 13.1. The van der Waals surface area contributed by atoms with Gasteiger partial charge >= 0.3 is 5.97 Å². The third-order valence-corrected chi connectivity index (χ3v) is 6.31. The molecule has 0 bridgehead atoms. The number of esters is 1. The number of rotatable bonds is 8. The van der Waals surface area contributed by atoms with Gasteiger partial charge in [-0.15, -0.1) is 0 Å². The Morgan fingerprint density at radius 3 is 2.56 bits per heavy atom. The lowest BCUT2D eigenvalue weighted by molar-refractivity contribution is -0.146. The number of ether oxygens (including phenoxy) is 1. The van der Waals surface area contributed by atoms with Gasteiger partial charge in [0.15, 0.2) is 0 Å². The maximum Gasteiger partial charge on any atom is 0.329 e. The number of carbonyl (C=O) groups excluding carboxylic acids is 2. The number of piperidine rings is 1. The van der Waals surface area contributed by atoms with E-state index in [9.17, 15) is 14.4 Å². The van der Waals surface area contributed by atoms with E-state index in [2.05, 4.69) is 15.2 Å². The van der Waals surface area contributed by atoms with Crippen molar-refractivity contribution in [3.05, 3.63) is 81.1 Å². The van der Waals surface area contributed by atoms with Crippen LogP contribution in [-0.2, 0) is 16.0 Å². The molecule has 1 aliphatic rings. The number of para-hydroxylation sites is 1. The molecular formula is C26H28ClN3O4. The molecule has 1 amide bonds. The van der Waals surface area contributed by atoms with Gasteiger partial charge in [-0.05, 0) is 61.8 Å². The Hall–Kier alpha value is -3.16. The fourth-order valence-electron chi connectivity index (χ4n) is 4.26. The average molecular weight is 482 g/mol. The smallest absolute Gasteiger partial charge is 0.329 e. The van der Waals surface area contributed by atoms with Gasteiger partial charge in [0.2, 0.25) is 5.56 Å². The second-order valence-electron chi connectivity index (χ2n) is 8.51. The number of benzene rings is 2. The number of nitrogens with one attached hydrogen (secondary N) is 2. The third-order valence-electron chi connectivity index (χ3n) is 6.06. The van der Waals surface area contributed by atoms with E-state index in [1.807, 2.05) is 18.2 Å². The lowest BCUT2D eigenvalue weighted by Crippen LogP contribution is -2.44. The Labute approximate surface area is 203 Å². The van der Waals surface area contributed by atoms with Gasteiger partial charge in [-0.25, -0.2) is 4.79 Å². The highest BCUT2D eigenvalue weighted by Crippen LogP contribution is 2.17. The highest BCUT2D eigenvalue weighted by atomic mass is 35.5. The Morgan fingerprint density at radius 2 is 1.79 bits per heavy atom. The normalized spacial score (nSPS) is 15.1.